The van der Waals surface area contributed by atoms with Crippen LogP contribution in [0.15, 0.2) is 156 Å². The van der Waals surface area contributed by atoms with Gasteiger partial charge in [0.2, 0.25) is 0 Å². The Kier molecular flexibility index (Phi) is 21.0. The predicted octanol–water partition coefficient (Wildman–Crippen LogP) is 14.5. The van der Waals surface area contributed by atoms with E-state index in [1.807, 2.05) is 66.3 Å². The van der Waals surface area contributed by atoms with Gasteiger partial charge in [-0.25, -0.2) is 54.2 Å². The quantitative estimate of drug-likeness (QED) is 0.0608. The summed E-state index contributed by atoms with van der Waals surface area (Å²) in [6.07, 6.45) is 7.74. The Labute approximate surface area is 600 Å². The summed E-state index contributed by atoms with van der Waals surface area (Å²) in [5.74, 6) is -0.178. The molecular formula is C70H74Cl6F2N10O8S2. The highest BCUT2D eigenvalue weighted by atomic mass is 35.5. The van der Waals surface area contributed by atoms with E-state index in [0.717, 1.165) is 55.1 Å². The lowest BCUT2D eigenvalue weighted by Crippen LogP contribution is -2.49. The molecule has 0 unspecified atom stereocenters. The first-order valence-corrected chi connectivity index (χ1v) is 36.4. The zero-order valence-corrected chi connectivity index (χ0v) is 61.4. The van der Waals surface area contributed by atoms with Crippen LogP contribution in [0.5, 0.6) is 23.0 Å². The molecule has 0 spiro atoms. The highest BCUT2D eigenvalue weighted by molar-refractivity contribution is 7.93. The summed E-state index contributed by atoms with van der Waals surface area (Å²) in [6, 6.07) is 33.4. The van der Waals surface area contributed by atoms with Crippen LogP contribution in [0.2, 0.25) is 10.0 Å². The van der Waals surface area contributed by atoms with E-state index in [-0.39, 0.29) is 82.1 Å². The second kappa shape index (κ2) is 28.4. The Balaban J connectivity index is 0.000000198. The van der Waals surface area contributed by atoms with E-state index in [2.05, 4.69) is 64.6 Å². The van der Waals surface area contributed by atoms with E-state index in [4.69, 9.17) is 88.6 Å². The summed E-state index contributed by atoms with van der Waals surface area (Å²) in [4.78, 5) is 19.1. The number of ether oxygens (including phenoxy) is 4. The number of rotatable bonds is 22. The predicted molar refractivity (Wildman–Crippen MR) is 383 cm³/mol. The van der Waals surface area contributed by atoms with Crippen LogP contribution in [0.25, 0.3) is 0 Å². The van der Waals surface area contributed by atoms with Gasteiger partial charge in [0.05, 0.1) is 62.9 Å². The van der Waals surface area contributed by atoms with Crippen LogP contribution in [0.1, 0.15) is 59.1 Å². The monoisotopic (exact) mass is 1490 g/mol. The Morgan fingerprint density at radius 2 is 0.918 bits per heavy atom. The Hall–Kier alpha value is -6.70. The minimum Gasteiger partial charge on any atom is -0.497 e. The van der Waals surface area contributed by atoms with Gasteiger partial charge in [0, 0.05) is 94.6 Å². The van der Waals surface area contributed by atoms with E-state index in [9.17, 15) is 16.8 Å². The molecule has 0 bridgehead atoms. The van der Waals surface area contributed by atoms with Crippen LogP contribution in [-0.4, -0.2) is 136 Å². The fraction of sp³-hybridized carbons (Fsp3) is 0.371. The molecule has 4 fully saturated rings. The van der Waals surface area contributed by atoms with Crippen molar-refractivity contribution in [3.05, 3.63) is 201 Å². The van der Waals surface area contributed by atoms with Crippen LogP contribution in [0, 0.1) is 37.3 Å². The summed E-state index contributed by atoms with van der Waals surface area (Å²) in [5, 5.41) is 6.90. The number of halogens is 8. The molecule has 4 saturated carbocycles. The maximum Gasteiger partial charge on any atom is 0.268 e. The van der Waals surface area contributed by atoms with Gasteiger partial charge >= 0.3 is 0 Å². The number of aryl methyl sites for hydroxylation is 2. The van der Waals surface area contributed by atoms with Crippen LogP contribution < -0.4 is 38.2 Å². The van der Waals surface area contributed by atoms with Crippen molar-refractivity contribution in [1.82, 2.24) is 29.7 Å². The van der Waals surface area contributed by atoms with Gasteiger partial charge in [-0.05, 0) is 127 Å². The number of hydrogen-bond acceptors (Lipinski definition) is 16. The minimum atomic E-state index is -4.55. The largest absolute Gasteiger partial charge is 0.497 e. The first-order valence-electron chi connectivity index (χ1n) is 31.2. The summed E-state index contributed by atoms with van der Waals surface area (Å²) in [5.41, 5.74) is 5.12. The zero-order chi connectivity index (χ0) is 70.6. The number of methoxy groups -OCH3 is 4. The molecule has 0 saturated heterocycles. The molecule has 4 aliphatic rings. The second-order valence-corrected chi connectivity index (χ2v) is 32.8. The number of likely N-dealkylation sites (N-methyl/N-ethyl adjacent to an activating group) is 2. The fourth-order valence-corrected chi connectivity index (χ4v) is 20.0. The van der Waals surface area contributed by atoms with Crippen LogP contribution in [0.3, 0.4) is 0 Å². The lowest BCUT2D eigenvalue weighted by atomic mass is 9.77. The average molecular weight is 1500 g/mol. The molecule has 0 amide bonds. The highest BCUT2D eigenvalue weighted by Crippen LogP contribution is 2.76. The summed E-state index contributed by atoms with van der Waals surface area (Å²) in [7, 11) is 4.77. The first kappa shape index (κ1) is 72.5. The number of aromatic nitrogens is 4. The van der Waals surface area contributed by atoms with Crippen LogP contribution in [0.4, 0.5) is 31.8 Å². The van der Waals surface area contributed by atoms with Gasteiger partial charge in [-0.1, -0.05) is 82.9 Å². The normalized spacial score (nSPS) is 22.7. The van der Waals surface area contributed by atoms with Crippen molar-refractivity contribution in [3.63, 3.8) is 0 Å². The number of hydrogen-bond donors (Lipinski definition) is 2. The number of fused-ring (bicyclic) bond motifs is 2. The smallest absolute Gasteiger partial charge is 0.268 e. The van der Waals surface area contributed by atoms with E-state index < -0.39 is 61.0 Å². The number of benzene rings is 6. The molecule has 8 atom stereocenters. The molecule has 2 aromatic heterocycles. The van der Waals surface area contributed by atoms with Crippen LogP contribution >= 0.6 is 69.6 Å². The highest BCUT2D eigenvalue weighted by Gasteiger charge is 2.79. The number of sulfonamides is 2. The zero-order valence-electron chi connectivity index (χ0n) is 55.2. The topological polar surface area (TPSA) is 194 Å². The molecule has 28 heteroatoms. The van der Waals surface area contributed by atoms with Gasteiger partial charge in [-0.2, -0.15) is 0 Å². The Morgan fingerprint density at radius 1 is 0.531 bits per heavy atom. The lowest BCUT2D eigenvalue weighted by molar-refractivity contribution is 0.191. The van der Waals surface area contributed by atoms with E-state index >= 15 is 8.78 Å². The molecule has 520 valence electrons. The van der Waals surface area contributed by atoms with Crippen molar-refractivity contribution in [2.75, 3.05) is 75.9 Å². The van der Waals surface area contributed by atoms with Crippen molar-refractivity contribution in [3.8, 4) is 23.0 Å². The SMILES string of the molecule is COc1ccc(CN(c2ccncn2)S(=O)(=O)c2cc(Cl)c(N[C@@H]3C[C@@H]4C(Cl)(Cl)[C@]4(c4cccc(C)c4)C[C@H]3N(C)C)cc2F)c(OC)c1.COc1ccc(CN(c2ccncn2)S(=O)(=O)c2cc(Cl)c(N[C@H]3C[C@H]4C(Cl)(Cl)[C@@]4(c4cccc(C)c4)C[C@@H]3N(C)C)cc2F)c(OC)c1. The summed E-state index contributed by atoms with van der Waals surface area (Å²) >= 11 is 41.6. The molecule has 98 heavy (non-hydrogen) atoms. The number of nitrogens with zero attached hydrogens (tertiary/aromatic N) is 8. The molecule has 18 nitrogen and oxygen atoms in total. The third-order valence-corrected chi connectivity index (χ3v) is 26.1. The fourth-order valence-electron chi connectivity index (χ4n) is 14.4. The third-order valence-electron chi connectivity index (χ3n) is 19.6. The minimum absolute atomic E-state index is 0.0359. The molecule has 6 aromatic carbocycles. The maximum absolute atomic E-state index is 16.1. The van der Waals surface area contributed by atoms with Crippen molar-refractivity contribution in [2.24, 2.45) is 11.8 Å². The van der Waals surface area contributed by atoms with Crippen molar-refractivity contribution < 1.29 is 44.6 Å². The number of alkyl halides is 4. The summed E-state index contributed by atoms with van der Waals surface area (Å²) in [6.45, 7) is 3.64. The lowest BCUT2D eigenvalue weighted by Gasteiger charge is -2.40. The van der Waals surface area contributed by atoms with Crippen molar-refractivity contribution in [1.29, 1.82) is 0 Å². The average Bonchev–Trinajstić information content (AvgIpc) is 1.50. The van der Waals surface area contributed by atoms with Gasteiger partial charge < -0.3 is 39.4 Å². The van der Waals surface area contributed by atoms with Gasteiger partial charge in [0.1, 0.15) is 77.4 Å². The van der Waals surface area contributed by atoms with Crippen molar-refractivity contribution in [2.45, 2.75) is 106 Å². The molecule has 2 N–H and O–H groups in total. The van der Waals surface area contributed by atoms with Gasteiger partial charge in [-0.3, -0.25) is 0 Å². The number of nitrogens with one attached hydrogen (secondary N) is 2. The van der Waals surface area contributed by atoms with E-state index in [0.29, 0.717) is 59.8 Å². The molecule has 2 heterocycles. The van der Waals surface area contributed by atoms with E-state index in [1.54, 1.807) is 36.4 Å². The third kappa shape index (κ3) is 13.5. The summed E-state index contributed by atoms with van der Waals surface area (Å²) < 4.78 is 111. The van der Waals surface area contributed by atoms with Crippen LogP contribution in [-0.2, 0) is 44.0 Å². The van der Waals surface area contributed by atoms with Gasteiger partial charge in [-0.15, -0.1) is 46.4 Å². The molecular weight excluding hydrogens is 1420 g/mol. The second-order valence-electron chi connectivity index (χ2n) is 25.5. The standard InChI is InChI=1S/2C35H37Cl3FN5O4S/c2*1-21-7-6-8-23(13-21)34-18-29(43(2)3)28(17-32(34)35(34,37)38)42-27-16-26(39)31(15-25(27)36)49(45,46)44(33-11-12-40-20-41-33)19-22-9-10-24(47-4)14-30(22)48-5/h2*6-16,20,28-29,32,42H,17-19H2,1-5H3/t2*28-,29-,32+,34+/m10/s1. The molecule has 4 aliphatic carbocycles. The van der Waals surface area contributed by atoms with Gasteiger partial charge in [0.25, 0.3) is 20.0 Å². The number of anilines is 4. The molecule has 12 rings (SSSR count). The Morgan fingerprint density at radius 3 is 1.24 bits per heavy atom. The first-order chi connectivity index (χ1) is 46.5. The van der Waals surface area contributed by atoms with E-state index in [1.165, 1.54) is 65.6 Å². The molecule has 8 aromatic rings. The maximum atomic E-state index is 16.1. The van der Waals surface area contributed by atoms with Crippen molar-refractivity contribution >= 4 is 113 Å². The van der Waals surface area contributed by atoms with Gasteiger partial charge in [0.15, 0.2) is 0 Å². The Bertz CT molecular complexity index is 4220. The molecule has 0 aliphatic heterocycles. The molecule has 0 radical (unpaired) electrons.